The molecule has 2 bridgehead atoms. The summed E-state index contributed by atoms with van der Waals surface area (Å²) < 4.78 is 11.2. The molecule has 2 aliphatic rings. The lowest BCUT2D eigenvalue weighted by Crippen LogP contribution is -2.56. The van der Waals surface area contributed by atoms with E-state index in [1.165, 1.54) is 0 Å². The number of ether oxygens (including phenoxy) is 1. The maximum Gasteiger partial charge on any atom is 0.408 e. The van der Waals surface area contributed by atoms with Crippen molar-refractivity contribution in [3.63, 3.8) is 0 Å². The Bertz CT molecular complexity index is 1130. The van der Waals surface area contributed by atoms with Crippen LogP contribution in [0.4, 0.5) is 4.79 Å². The monoisotopic (exact) mass is 636 g/mol. The van der Waals surface area contributed by atoms with Crippen molar-refractivity contribution in [3.8, 4) is 0 Å². The Hall–Kier alpha value is -3.16. The van der Waals surface area contributed by atoms with Gasteiger partial charge in [-0.05, 0) is 58.8 Å². The van der Waals surface area contributed by atoms with E-state index in [9.17, 15) is 24.0 Å². The van der Waals surface area contributed by atoms with Gasteiger partial charge in [-0.25, -0.2) is 4.79 Å². The topological polar surface area (TPSA) is 182 Å². The van der Waals surface area contributed by atoms with Crippen molar-refractivity contribution < 1.29 is 33.1 Å². The van der Waals surface area contributed by atoms with Crippen LogP contribution in [0.2, 0.25) is 0 Å². The fourth-order valence-corrected chi connectivity index (χ4v) is 5.63. The average Bonchev–Trinajstić information content (AvgIpc) is 3.41. The Labute approximate surface area is 264 Å². The van der Waals surface area contributed by atoms with Crippen LogP contribution in [0.3, 0.4) is 0 Å². The summed E-state index contributed by atoms with van der Waals surface area (Å²) in [6.45, 7) is 5.64. The number of nitrogens with one attached hydrogen (secondary N) is 4. The lowest BCUT2D eigenvalue weighted by atomic mass is 9.84. The molecule has 44 heavy (non-hydrogen) atoms. The van der Waals surface area contributed by atoms with Gasteiger partial charge in [-0.1, -0.05) is 38.5 Å². The Kier molecular flexibility index (Phi) is 13.9. The van der Waals surface area contributed by atoms with Crippen LogP contribution in [0, 0.1) is 5.92 Å². The molecule has 1 aliphatic heterocycles. The van der Waals surface area contributed by atoms with Crippen LogP contribution >= 0.6 is 12.6 Å². The molecule has 1 saturated carbocycles. The largest absolute Gasteiger partial charge is 0.444 e. The predicted octanol–water partition coefficient (Wildman–Crippen LogP) is 2.91. The summed E-state index contributed by atoms with van der Waals surface area (Å²) in [4.78, 5) is 64.7. The van der Waals surface area contributed by atoms with Gasteiger partial charge in [0, 0.05) is 25.8 Å². The van der Waals surface area contributed by atoms with Crippen LogP contribution in [0.25, 0.3) is 0 Å². The van der Waals surface area contributed by atoms with Crippen LogP contribution < -0.4 is 21.3 Å². The Balaban J connectivity index is 1.84. The highest BCUT2D eigenvalue weighted by molar-refractivity contribution is 7.96. The van der Waals surface area contributed by atoms with Gasteiger partial charge in [-0.15, -0.1) is 22.8 Å². The van der Waals surface area contributed by atoms with Gasteiger partial charge in [-0.2, -0.15) is 0 Å². The third kappa shape index (κ3) is 12.8. The van der Waals surface area contributed by atoms with Crippen molar-refractivity contribution in [2.75, 3.05) is 6.54 Å². The molecule has 13 nitrogen and oxygen atoms in total. The van der Waals surface area contributed by atoms with E-state index in [-0.39, 0.29) is 37.5 Å². The third-order valence-electron chi connectivity index (χ3n) is 7.75. The molecule has 4 N–H and O–H groups in total. The SMILES string of the molecule is CC(C)(C)OC(=O)N[C@H]1CCc2nnc(o2)CCCCCNC(=O)CC[C@@H](C(=O)S)NC(=O)[C@H](CC2CCCCC2)NC1=O. The minimum atomic E-state index is -1.07. The highest BCUT2D eigenvalue weighted by atomic mass is 32.1. The number of fused-ring (bicyclic) bond motifs is 2. The number of amides is 4. The second-order valence-corrected chi connectivity index (χ2v) is 13.2. The van der Waals surface area contributed by atoms with Crippen molar-refractivity contribution >= 4 is 41.6 Å². The molecule has 1 aliphatic carbocycles. The molecule has 1 aromatic heterocycles. The van der Waals surface area contributed by atoms with E-state index in [1.54, 1.807) is 20.8 Å². The van der Waals surface area contributed by atoms with E-state index in [4.69, 9.17) is 9.15 Å². The molecular weight excluding hydrogens is 588 g/mol. The lowest BCUT2D eigenvalue weighted by Gasteiger charge is -2.29. The first-order valence-corrected chi connectivity index (χ1v) is 16.3. The smallest absolute Gasteiger partial charge is 0.408 e. The van der Waals surface area contributed by atoms with E-state index in [2.05, 4.69) is 44.1 Å². The van der Waals surface area contributed by atoms with E-state index < -0.39 is 46.7 Å². The number of aromatic nitrogens is 2. The molecule has 246 valence electrons. The quantitative estimate of drug-likeness (QED) is 0.310. The highest BCUT2D eigenvalue weighted by Gasteiger charge is 2.32. The fraction of sp³-hybridized carbons (Fsp3) is 0.767. The van der Waals surface area contributed by atoms with Crippen molar-refractivity contribution in [2.24, 2.45) is 5.92 Å². The zero-order valence-corrected chi connectivity index (χ0v) is 27.0. The van der Waals surface area contributed by atoms with Gasteiger partial charge in [0.25, 0.3) is 0 Å². The Morgan fingerprint density at radius 2 is 1.57 bits per heavy atom. The molecule has 0 spiro atoms. The van der Waals surface area contributed by atoms with Gasteiger partial charge >= 0.3 is 6.09 Å². The van der Waals surface area contributed by atoms with Crippen molar-refractivity contribution in [1.29, 1.82) is 0 Å². The summed E-state index contributed by atoms with van der Waals surface area (Å²) in [5, 5.41) is 18.6. The molecule has 3 atom stereocenters. The maximum absolute atomic E-state index is 13.7. The summed E-state index contributed by atoms with van der Waals surface area (Å²) in [6.07, 6.45) is 8.02. The average molecular weight is 637 g/mol. The van der Waals surface area contributed by atoms with E-state index in [0.29, 0.717) is 31.2 Å². The van der Waals surface area contributed by atoms with Gasteiger partial charge in [0.05, 0.1) is 6.04 Å². The molecule has 14 heteroatoms. The molecule has 4 amide bonds. The molecule has 3 rings (SSSR count). The number of hydrogen-bond acceptors (Lipinski definition) is 9. The van der Waals surface area contributed by atoms with Gasteiger partial charge < -0.3 is 30.4 Å². The predicted molar refractivity (Wildman–Crippen MR) is 165 cm³/mol. The highest BCUT2D eigenvalue weighted by Crippen LogP contribution is 2.27. The van der Waals surface area contributed by atoms with Crippen molar-refractivity contribution in [1.82, 2.24) is 31.5 Å². The maximum atomic E-state index is 13.7. The van der Waals surface area contributed by atoms with Crippen molar-refractivity contribution in [2.45, 2.75) is 134 Å². The number of carbonyl (C=O) groups excluding carboxylic acids is 5. The second-order valence-electron chi connectivity index (χ2n) is 12.7. The molecule has 0 unspecified atom stereocenters. The van der Waals surface area contributed by atoms with Gasteiger partial charge in [0.15, 0.2) is 0 Å². The molecular formula is C30H48N6O7S. The van der Waals surface area contributed by atoms with Crippen LogP contribution in [0.1, 0.15) is 110 Å². The third-order valence-corrected chi connectivity index (χ3v) is 8.07. The van der Waals surface area contributed by atoms with E-state index in [1.807, 2.05) is 0 Å². The first-order chi connectivity index (χ1) is 20.9. The zero-order chi connectivity index (χ0) is 32.1. The summed E-state index contributed by atoms with van der Waals surface area (Å²) in [5.41, 5.74) is -0.789. The summed E-state index contributed by atoms with van der Waals surface area (Å²) in [5.74, 6) is -0.337. The minimum Gasteiger partial charge on any atom is -0.444 e. The summed E-state index contributed by atoms with van der Waals surface area (Å²) in [6, 6.07) is -3.04. The molecule has 0 aromatic carbocycles. The van der Waals surface area contributed by atoms with Crippen molar-refractivity contribution in [3.05, 3.63) is 11.8 Å². The zero-order valence-electron chi connectivity index (χ0n) is 26.1. The number of rotatable bonds is 4. The van der Waals surface area contributed by atoms with Crippen LogP contribution in [-0.4, -0.2) is 69.4 Å². The summed E-state index contributed by atoms with van der Waals surface area (Å²) in [7, 11) is 0. The first kappa shape index (κ1) is 35.3. The van der Waals surface area contributed by atoms with E-state index in [0.717, 1.165) is 51.4 Å². The van der Waals surface area contributed by atoms with Crippen LogP contribution in [0.15, 0.2) is 4.42 Å². The van der Waals surface area contributed by atoms with E-state index >= 15 is 0 Å². The normalized spacial score (nSPS) is 24.2. The Morgan fingerprint density at radius 3 is 2.25 bits per heavy atom. The fourth-order valence-electron chi connectivity index (χ4n) is 5.44. The molecule has 0 radical (unpaired) electrons. The number of aryl methyl sites for hydroxylation is 2. The first-order valence-electron chi connectivity index (χ1n) is 15.8. The van der Waals surface area contributed by atoms with Gasteiger partial charge in [-0.3, -0.25) is 19.2 Å². The standard InChI is InChI=1S/C30H48N6O7S/c1-30(2,3)43-29(41)34-20-14-16-25-36-35-24(42-25)12-8-5-9-17-31-23(37)15-13-21(28(40)44)32-27(39)22(33-26(20)38)18-19-10-6-4-7-11-19/h19-22H,4-18H2,1-3H3,(H,31,37)(H,32,39)(H,33,38)(H,34,41)(H,40,44)/t20-,21-,22-/m0/s1. The molecule has 0 saturated heterocycles. The minimum absolute atomic E-state index is 0.0313. The Morgan fingerprint density at radius 1 is 0.886 bits per heavy atom. The molecule has 2 heterocycles. The van der Waals surface area contributed by atoms with Gasteiger partial charge in [0.2, 0.25) is 34.6 Å². The number of alkyl carbamates (subject to hydrolysis) is 1. The second kappa shape index (κ2) is 17.4. The van der Waals surface area contributed by atoms with Gasteiger partial charge in [0.1, 0.15) is 17.7 Å². The molecule has 1 fully saturated rings. The van der Waals surface area contributed by atoms with Crippen LogP contribution in [0.5, 0.6) is 0 Å². The molecule has 1 aromatic rings. The van der Waals surface area contributed by atoms with Crippen LogP contribution in [-0.2, 0) is 36.8 Å². The number of nitrogens with zero attached hydrogens (tertiary/aromatic N) is 2. The number of thiol groups is 1. The number of hydrogen-bond donors (Lipinski definition) is 5. The number of carbonyl (C=O) groups is 5. The summed E-state index contributed by atoms with van der Waals surface area (Å²) >= 11 is 3.95. The lowest BCUT2D eigenvalue weighted by molar-refractivity contribution is -0.132.